The van der Waals surface area contributed by atoms with Crippen molar-refractivity contribution < 1.29 is 4.79 Å². The first-order valence-corrected chi connectivity index (χ1v) is 6.30. The third kappa shape index (κ3) is 3.91. The minimum Gasteiger partial charge on any atom is -0.369 e. The normalized spacial score (nSPS) is 17.4. The van der Waals surface area contributed by atoms with Gasteiger partial charge in [-0.05, 0) is 33.6 Å². The Hall–Kier alpha value is -1.26. The van der Waals surface area contributed by atoms with E-state index < -0.39 is 5.41 Å². The first-order valence-electron chi connectivity index (χ1n) is 6.30. The number of rotatable bonds is 4. The SMILES string of the molecule is CCNC(=NCC(C)(C)C(N)=O)N1CCCC1. The van der Waals surface area contributed by atoms with Gasteiger partial charge in [-0.2, -0.15) is 0 Å². The van der Waals surface area contributed by atoms with Gasteiger partial charge in [0.05, 0.1) is 12.0 Å². The minimum absolute atomic E-state index is 0.307. The fourth-order valence-electron chi connectivity index (χ4n) is 1.71. The van der Waals surface area contributed by atoms with E-state index in [9.17, 15) is 4.79 Å². The van der Waals surface area contributed by atoms with Crippen LogP contribution in [0, 0.1) is 5.41 Å². The molecule has 17 heavy (non-hydrogen) atoms. The van der Waals surface area contributed by atoms with Crippen LogP contribution in [0.3, 0.4) is 0 Å². The summed E-state index contributed by atoms with van der Waals surface area (Å²) in [6.07, 6.45) is 2.42. The van der Waals surface area contributed by atoms with Crippen molar-refractivity contribution in [1.29, 1.82) is 0 Å². The Balaban J connectivity index is 2.66. The Bertz CT molecular complexity index is 293. The van der Waals surface area contributed by atoms with Crippen molar-refractivity contribution in [2.45, 2.75) is 33.6 Å². The molecule has 0 radical (unpaired) electrons. The second-order valence-corrected chi connectivity index (χ2v) is 5.11. The maximum absolute atomic E-state index is 11.2. The van der Waals surface area contributed by atoms with E-state index in [1.807, 2.05) is 20.8 Å². The zero-order valence-electron chi connectivity index (χ0n) is 11.1. The molecule has 1 fully saturated rings. The number of primary amides is 1. The van der Waals surface area contributed by atoms with E-state index in [-0.39, 0.29) is 5.91 Å². The van der Waals surface area contributed by atoms with E-state index in [1.54, 1.807) is 0 Å². The Morgan fingerprint density at radius 3 is 2.47 bits per heavy atom. The van der Waals surface area contributed by atoms with Crippen LogP contribution in [-0.4, -0.2) is 42.9 Å². The number of nitrogens with two attached hydrogens (primary N) is 1. The number of amides is 1. The molecule has 0 spiro atoms. The summed E-state index contributed by atoms with van der Waals surface area (Å²) in [4.78, 5) is 18.0. The monoisotopic (exact) mass is 240 g/mol. The van der Waals surface area contributed by atoms with Gasteiger partial charge in [0.15, 0.2) is 5.96 Å². The lowest BCUT2D eigenvalue weighted by Gasteiger charge is -2.23. The molecule has 0 aliphatic carbocycles. The first kappa shape index (κ1) is 13.8. The lowest BCUT2D eigenvalue weighted by molar-refractivity contribution is -0.125. The molecule has 0 saturated carbocycles. The van der Waals surface area contributed by atoms with E-state index in [1.165, 1.54) is 12.8 Å². The Labute approximate surface area is 103 Å². The van der Waals surface area contributed by atoms with Crippen molar-refractivity contribution in [3.05, 3.63) is 0 Å². The van der Waals surface area contributed by atoms with E-state index >= 15 is 0 Å². The Kier molecular flexibility index (Phi) is 4.78. The molecule has 1 amide bonds. The van der Waals surface area contributed by atoms with Crippen LogP contribution < -0.4 is 11.1 Å². The molecule has 98 valence electrons. The summed E-state index contributed by atoms with van der Waals surface area (Å²) in [6.45, 7) is 9.06. The number of carbonyl (C=O) groups is 1. The van der Waals surface area contributed by atoms with E-state index in [0.29, 0.717) is 6.54 Å². The topological polar surface area (TPSA) is 70.7 Å². The molecule has 1 heterocycles. The van der Waals surface area contributed by atoms with Crippen LogP contribution in [0.4, 0.5) is 0 Å². The van der Waals surface area contributed by atoms with Crippen LogP contribution in [-0.2, 0) is 4.79 Å². The standard InChI is InChI=1S/C12H24N4O/c1-4-14-11(16-7-5-6-8-16)15-9-12(2,3)10(13)17/h4-9H2,1-3H3,(H2,13,17)(H,14,15). The molecule has 1 rings (SSSR count). The molecule has 0 atom stereocenters. The van der Waals surface area contributed by atoms with Gasteiger partial charge < -0.3 is 16.0 Å². The fourth-order valence-corrected chi connectivity index (χ4v) is 1.71. The highest BCUT2D eigenvalue weighted by Crippen LogP contribution is 2.15. The highest BCUT2D eigenvalue weighted by Gasteiger charge is 2.25. The van der Waals surface area contributed by atoms with Crippen LogP contribution >= 0.6 is 0 Å². The zero-order valence-corrected chi connectivity index (χ0v) is 11.1. The lowest BCUT2D eigenvalue weighted by Crippen LogP contribution is -2.41. The van der Waals surface area contributed by atoms with Crippen molar-refractivity contribution in [2.75, 3.05) is 26.2 Å². The molecular weight excluding hydrogens is 216 g/mol. The number of likely N-dealkylation sites (tertiary alicyclic amines) is 1. The van der Waals surface area contributed by atoms with Gasteiger partial charge in [-0.1, -0.05) is 0 Å². The Morgan fingerprint density at radius 1 is 1.41 bits per heavy atom. The quantitative estimate of drug-likeness (QED) is 0.557. The number of hydrogen-bond acceptors (Lipinski definition) is 2. The average Bonchev–Trinajstić information content (AvgIpc) is 2.77. The van der Waals surface area contributed by atoms with Crippen molar-refractivity contribution in [3.8, 4) is 0 Å². The molecule has 5 heteroatoms. The van der Waals surface area contributed by atoms with Gasteiger partial charge in [-0.25, -0.2) is 0 Å². The molecule has 5 nitrogen and oxygen atoms in total. The predicted octanol–water partition coefficient (Wildman–Crippen LogP) is 0.559. The third-order valence-electron chi connectivity index (χ3n) is 3.03. The first-order chi connectivity index (χ1) is 7.97. The van der Waals surface area contributed by atoms with Crippen LogP contribution in [0.25, 0.3) is 0 Å². The van der Waals surface area contributed by atoms with Gasteiger partial charge in [-0.3, -0.25) is 9.79 Å². The average molecular weight is 240 g/mol. The van der Waals surface area contributed by atoms with E-state index in [4.69, 9.17) is 5.73 Å². The molecule has 1 aliphatic rings. The van der Waals surface area contributed by atoms with Crippen LogP contribution in [0.5, 0.6) is 0 Å². The molecule has 0 aromatic carbocycles. The third-order valence-corrected chi connectivity index (χ3v) is 3.03. The number of hydrogen-bond donors (Lipinski definition) is 2. The maximum Gasteiger partial charge on any atom is 0.224 e. The summed E-state index contributed by atoms with van der Waals surface area (Å²) in [6, 6.07) is 0. The zero-order chi connectivity index (χ0) is 12.9. The van der Waals surface area contributed by atoms with E-state index in [0.717, 1.165) is 25.6 Å². The van der Waals surface area contributed by atoms with Gasteiger partial charge in [0.25, 0.3) is 0 Å². The van der Waals surface area contributed by atoms with Gasteiger partial charge in [0.2, 0.25) is 5.91 Å². The highest BCUT2D eigenvalue weighted by molar-refractivity contribution is 5.82. The van der Waals surface area contributed by atoms with Crippen LogP contribution in [0.1, 0.15) is 33.6 Å². The minimum atomic E-state index is -0.583. The number of aliphatic imine (C=N–C) groups is 1. The van der Waals surface area contributed by atoms with E-state index in [2.05, 4.69) is 15.2 Å². The fraction of sp³-hybridized carbons (Fsp3) is 0.833. The Morgan fingerprint density at radius 2 is 2.00 bits per heavy atom. The second-order valence-electron chi connectivity index (χ2n) is 5.11. The van der Waals surface area contributed by atoms with Gasteiger partial charge >= 0.3 is 0 Å². The van der Waals surface area contributed by atoms with Gasteiger partial charge in [0, 0.05) is 19.6 Å². The van der Waals surface area contributed by atoms with Gasteiger partial charge in [0.1, 0.15) is 0 Å². The molecule has 0 aromatic heterocycles. The van der Waals surface area contributed by atoms with Crippen molar-refractivity contribution in [1.82, 2.24) is 10.2 Å². The molecule has 1 aliphatic heterocycles. The molecule has 3 N–H and O–H groups in total. The molecule has 0 aromatic rings. The summed E-state index contributed by atoms with van der Waals surface area (Å²) in [5.74, 6) is 0.595. The van der Waals surface area contributed by atoms with Crippen molar-refractivity contribution >= 4 is 11.9 Å². The summed E-state index contributed by atoms with van der Waals surface area (Å²) in [7, 11) is 0. The summed E-state index contributed by atoms with van der Waals surface area (Å²) in [5.41, 5.74) is 4.76. The lowest BCUT2D eigenvalue weighted by atomic mass is 9.93. The van der Waals surface area contributed by atoms with Crippen molar-refractivity contribution in [3.63, 3.8) is 0 Å². The number of guanidine groups is 1. The summed E-state index contributed by atoms with van der Waals surface area (Å²) >= 11 is 0. The van der Waals surface area contributed by atoms with Crippen LogP contribution in [0.15, 0.2) is 4.99 Å². The van der Waals surface area contributed by atoms with Gasteiger partial charge in [-0.15, -0.1) is 0 Å². The molecule has 1 saturated heterocycles. The number of nitrogens with zero attached hydrogens (tertiary/aromatic N) is 2. The summed E-state index contributed by atoms with van der Waals surface area (Å²) < 4.78 is 0. The maximum atomic E-state index is 11.2. The second kappa shape index (κ2) is 5.89. The molecule has 0 bridgehead atoms. The van der Waals surface area contributed by atoms with Crippen LogP contribution in [0.2, 0.25) is 0 Å². The van der Waals surface area contributed by atoms with Crippen molar-refractivity contribution in [2.24, 2.45) is 16.1 Å². The highest BCUT2D eigenvalue weighted by atomic mass is 16.1. The molecule has 0 unspecified atom stereocenters. The predicted molar refractivity (Wildman–Crippen MR) is 69.8 cm³/mol. The smallest absolute Gasteiger partial charge is 0.224 e. The number of nitrogens with one attached hydrogen (secondary N) is 1. The molecular formula is C12H24N4O. The number of carbonyl (C=O) groups excluding carboxylic acids is 1. The largest absolute Gasteiger partial charge is 0.369 e. The summed E-state index contributed by atoms with van der Waals surface area (Å²) in [5, 5.41) is 3.26.